The zero-order valence-corrected chi connectivity index (χ0v) is 9.74. The molecule has 0 spiro atoms. The molecule has 1 N–H and O–H groups in total. The first-order chi connectivity index (χ1) is 6.24. The summed E-state index contributed by atoms with van der Waals surface area (Å²) in [6.07, 6.45) is 3.86. The van der Waals surface area contributed by atoms with Crippen LogP contribution in [0.3, 0.4) is 0 Å². The summed E-state index contributed by atoms with van der Waals surface area (Å²) < 4.78 is 0.855. The van der Waals surface area contributed by atoms with Gasteiger partial charge in [-0.3, -0.25) is 4.98 Å². The third-order valence-corrected chi connectivity index (χ3v) is 3.44. The molecule has 3 nitrogen and oxygen atoms in total. The van der Waals surface area contributed by atoms with Crippen molar-refractivity contribution in [1.29, 1.82) is 0 Å². The van der Waals surface area contributed by atoms with E-state index in [0.717, 1.165) is 21.7 Å². The molecule has 72 valence electrons. The van der Waals surface area contributed by atoms with Crippen LogP contribution in [0.25, 0.3) is 0 Å². The van der Waals surface area contributed by atoms with Crippen LogP contribution in [0.15, 0.2) is 20.5 Å². The Morgan fingerprint density at radius 3 is 3.15 bits per heavy atom. The minimum absolute atomic E-state index is 0.290. The molecule has 1 rings (SSSR count). The van der Waals surface area contributed by atoms with Crippen molar-refractivity contribution < 1.29 is 0 Å². The second-order valence-corrected chi connectivity index (χ2v) is 4.53. The van der Waals surface area contributed by atoms with Gasteiger partial charge in [-0.1, -0.05) is 13.3 Å². The predicted octanol–water partition coefficient (Wildman–Crippen LogP) is 2.42. The van der Waals surface area contributed by atoms with Gasteiger partial charge < -0.3 is 0 Å². The molecule has 0 saturated heterocycles. The summed E-state index contributed by atoms with van der Waals surface area (Å²) in [4.78, 5) is 17.2. The van der Waals surface area contributed by atoms with Gasteiger partial charge in [0.15, 0.2) is 0 Å². The van der Waals surface area contributed by atoms with Crippen molar-refractivity contribution in [1.82, 2.24) is 9.97 Å². The number of nitrogens with zero attached hydrogens (tertiary/aromatic N) is 1. The molecule has 0 fully saturated rings. The number of thioether (sulfide) groups is 1. The van der Waals surface area contributed by atoms with Crippen molar-refractivity contribution in [2.45, 2.75) is 24.8 Å². The largest absolute Gasteiger partial charge is 0.345 e. The van der Waals surface area contributed by atoms with Gasteiger partial charge in [-0.25, -0.2) is 9.78 Å². The van der Waals surface area contributed by atoms with Gasteiger partial charge in [-0.2, -0.15) is 0 Å². The van der Waals surface area contributed by atoms with E-state index in [0.29, 0.717) is 0 Å². The summed E-state index contributed by atoms with van der Waals surface area (Å²) in [5, 5.41) is 0.869. The molecular weight excluding hydrogens is 252 g/mol. The number of nitrogens with one attached hydrogen (secondary N) is 1. The third-order valence-electron chi connectivity index (χ3n) is 1.48. The fourth-order valence-corrected chi connectivity index (χ4v) is 2.32. The molecule has 1 aromatic heterocycles. The summed E-state index contributed by atoms with van der Waals surface area (Å²) >= 11 is 4.97. The van der Waals surface area contributed by atoms with E-state index in [1.54, 1.807) is 11.8 Å². The van der Waals surface area contributed by atoms with Gasteiger partial charge in [0.05, 0.1) is 9.50 Å². The molecular formula is C8H11BrN2OS. The van der Waals surface area contributed by atoms with Gasteiger partial charge in [0.2, 0.25) is 0 Å². The first-order valence-electron chi connectivity index (χ1n) is 4.11. The van der Waals surface area contributed by atoms with Gasteiger partial charge >= 0.3 is 5.69 Å². The fourth-order valence-electron chi connectivity index (χ4n) is 0.787. The van der Waals surface area contributed by atoms with Gasteiger partial charge in [-0.15, -0.1) is 11.8 Å². The molecule has 0 bridgehead atoms. The lowest BCUT2D eigenvalue weighted by Gasteiger charge is -2.01. The topological polar surface area (TPSA) is 45.8 Å². The van der Waals surface area contributed by atoms with Crippen molar-refractivity contribution >= 4 is 27.7 Å². The SMILES string of the molecule is CCCCSc1[nH]c(=O)ncc1Br. The molecule has 0 radical (unpaired) electrons. The lowest BCUT2D eigenvalue weighted by molar-refractivity contribution is 0.890. The van der Waals surface area contributed by atoms with Crippen LogP contribution in [0.5, 0.6) is 0 Å². The highest BCUT2D eigenvalue weighted by Gasteiger charge is 2.01. The Hall–Kier alpha value is -0.290. The summed E-state index contributed by atoms with van der Waals surface area (Å²) in [7, 11) is 0. The van der Waals surface area contributed by atoms with Gasteiger partial charge in [0.25, 0.3) is 0 Å². The first-order valence-corrected chi connectivity index (χ1v) is 5.89. The maximum absolute atomic E-state index is 10.9. The summed E-state index contributed by atoms with van der Waals surface area (Å²) in [6.45, 7) is 2.14. The number of hydrogen-bond donors (Lipinski definition) is 1. The fraction of sp³-hybridized carbons (Fsp3) is 0.500. The van der Waals surface area contributed by atoms with Crippen LogP contribution in [0.2, 0.25) is 0 Å². The summed E-state index contributed by atoms with van der Waals surface area (Å²) in [6, 6.07) is 0. The van der Waals surface area contributed by atoms with Crippen LogP contribution in [0.1, 0.15) is 19.8 Å². The molecule has 0 aliphatic carbocycles. The maximum atomic E-state index is 10.9. The highest BCUT2D eigenvalue weighted by molar-refractivity contribution is 9.10. The van der Waals surface area contributed by atoms with Crippen LogP contribution >= 0.6 is 27.7 Å². The van der Waals surface area contributed by atoms with Crippen molar-refractivity contribution in [3.63, 3.8) is 0 Å². The molecule has 0 aliphatic rings. The minimum atomic E-state index is -0.290. The number of rotatable bonds is 4. The van der Waals surface area contributed by atoms with Crippen LogP contribution in [0.4, 0.5) is 0 Å². The van der Waals surface area contributed by atoms with E-state index in [1.165, 1.54) is 12.6 Å². The molecule has 1 aromatic rings. The normalized spacial score (nSPS) is 10.3. The lowest BCUT2D eigenvalue weighted by Crippen LogP contribution is -2.10. The Kier molecular flexibility index (Phi) is 4.52. The summed E-state index contributed by atoms with van der Waals surface area (Å²) in [5.74, 6) is 1.02. The molecule has 0 aromatic carbocycles. The smallest absolute Gasteiger partial charge is 0.299 e. The Morgan fingerprint density at radius 2 is 2.46 bits per heavy atom. The molecule has 0 aliphatic heterocycles. The molecule has 5 heteroatoms. The quantitative estimate of drug-likeness (QED) is 0.515. The average molecular weight is 263 g/mol. The number of aromatic amines is 1. The number of aromatic nitrogens is 2. The number of hydrogen-bond acceptors (Lipinski definition) is 3. The molecule has 1 heterocycles. The average Bonchev–Trinajstić information content (AvgIpc) is 2.11. The number of unbranched alkanes of at least 4 members (excludes halogenated alkanes) is 1. The zero-order chi connectivity index (χ0) is 9.68. The van der Waals surface area contributed by atoms with Crippen molar-refractivity contribution in [2.75, 3.05) is 5.75 Å². The predicted molar refractivity (Wildman–Crippen MR) is 58.2 cm³/mol. The third kappa shape index (κ3) is 3.52. The maximum Gasteiger partial charge on any atom is 0.345 e. The molecule has 0 amide bonds. The van der Waals surface area contributed by atoms with Crippen molar-refractivity contribution in [3.8, 4) is 0 Å². The van der Waals surface area contributed by atoms with Gasteiger partial charge in [0, 0.05) is 6.20 Å². The molecule has 0 atom stereocenters. The Balaban J connectivity index is 2.64. The standard InChI is InChI=1S/C8H11BrN2OS/c1-2-3-4-13-7-6(9)5-10-8(12)11-7/h5H,2-4H2,1H3,(H,10,11,12). The van der Waals surface area contributed by atoms with Crippen LogP contribution in [0, 0.1) is 0 Å². The van der Waals surface area contributed by atoms with Crippen LogP contribution in [-0.2, 0) is 0 Å². The Bertz CT molecular complexity index is 326. The van der Waals surface area contributed by atoms with E-state index in [2.05, 4.69) is 32.8 Å². The van der Waals surface area contributed by atoms with Gasteiger partial charge in [-0.05, 0) is 28.1 Å². The van der Waals surface area contributed by atoms with E-state index < -0.39 is 0 Å². The lowest BCUT2D eigenvalue weighted by atomic mass is 10.4. The minimum Gasteiger partial charge on any atom is -0.299 e. The van der Waals surface area contributed by atoms with E-state index in [9.17, 15) is 4.79 Å². The van der Waals surface area contributed by atoms with Crippen LogP contribution in [-0.4, -0.2) is 15.7 Å². The number of halogens is 1. The summed E-state index contributed by atoms with van der Waals surface area (Å²) in [5.41, 5.74) is -0.290. The van der Waals surface area contributed by atoms with Crippen molar-refractivity contribution in [2.24, 2.45) is 0 Å². The van der Waals surface area contributed by atoms with E-state index in [-0.39, 0.29) is 5.69 Å². The highest BCUT2D eigenvalue weighted by atomic mass is 79.9. The second kappa shape index (κ2) is 5.44. The molecule has 0 saturated carbocycles. The van der Waals surface area contributed by atoms with E-state index in [4.69, 9.17) is 0 Å². The molecule has 13 heavy (non-hydrogen) atoms. The second-order valence-electron chi connectivity index (χ2n) is 2.57. The van der Waals surface area contributed by atoms with Crippen molar-refractivity contribution in [3.05, 3.63) is 21.2 Å². The zero-order valence-electron chi connectivity index (χ0n) is 7.34. The highest BCUT2D eigenvalue weighted by Crippen LogP contribution is 2.23. The Labute approximate surface area is 89.5 Å². The van der Waals surface area contributed by atoms with Gasteiger partial charge in [0.1, 0.15) is 0 Å². The van der Waals surface area contributed by atoms with Crippen LogP contribution < -0.4 is 5.69 Å². The van der Waals surface area contributed by atoms with E-state index >= 15 is 0 Å². The first kappa shape index (κ1) is 10.8. The molecule has 0 unspecified atom stereocenters. The van der Waals surface area contributed by atoms with E-state index in [1.807, 2.05) is 0 Å². The Morgan fingerprint density at radius 1 is 1.69 bits per heavy atom. The number of H-pyrrole nitrogens is 1. The monoisotopic (exact) mass is 262 g/mol.